The van der Waals surface area contributed by atoms with Gasteiger partial charge < -0.3 is 34.1 Å². The third-order valence-electron chi connectivity index (χ3n) is 6.31. The number of piperazine rings is 1. The molecule has 2 fully saturated rings. The molecule has 2 rings (SSSR count). The predicted molar refractivity (Wildman–Crippen MR) is 163 cm³/mol. The molecule has 0 saturated carbocycles. The van der Waals surface area contributed by atoms with Gasteiger partial charge in [-0.3, -0.25) is 9.59 Å². The lowest BCUT2D eigenvalue weighted by atomic mass is 10.2. The van der Waals surface area contributed by atoms with Crippen molar-refractivity contribution >= 4 is 23.9 Å². The molecule has 2 aliphatic heterocycles. The average molecular weight is 598 g/mol. The van der Waals surface area contributed by atoms with Crippen LogP contribution in [-0.2, 0) is 38.1 Å². The summed E-state index contributed by atoms with van der Waals surface area (Å²) in [6.07, 6.45) is 11.0. The highest BCUT2D eigenvalue weighted by Gasteiger charge is 2.15. The average Bonchev–Trinajstić information content (AvgIpc) is 3.01. The topological polar surface area (TPSA) is 124 Å². The van der Waals surface area contributed by atoms with Gasteiger partial charge in [0.1, 0.15) is 0 Å². The van der Waals surface area contributed by atoms with Gasteiger partial charge in [-0.15, -0.1) is 0 Å². The summed E-state index contributed by atoms with van der Waals surface area (Å²) in [6.45, 7) is 17.4. The summed E-state index contributed by atoms with van der Waals surface area (Å²) in [7, 11) is 2.12. The van der Waals surface area contributed by atoms with Crippen molar-refractivity contribution in [1.29, 1.82) is 0 Å². The number of likely N-dealkylation sites (N-methyl/N-ethyl adjacent to an activating group) is 1. The molecule has 0 amide bonds. The van der Waals surface area contributed by atoms with Crippen LogP contribution >= 0.6 is 0 Å². The molecule has 242 valence electrons. The molecular formula is C31H55N3O8. The van der Waals surface area contributed by atoms with Crippen LogP contribution in [0.3, 0.4) is 0 Å². The van der Waals surface area contributed by atoms with Crippen molar-refractivity contribution in [3.05, 3.63) is 25.3 Å². The summed E-state index contributed by atoms with van der Waals surface area (Å²) in [6, 6.07) is 0. The second kappa shape index (κ2) is 28.4. The molecule has 0 spiro atoms. The van der Waals surface area contributed by atoms with Gasteiger partial charge in [-0.2, -0.15) is 0 Å². The molecule has 0 aromatic carbocycles. The van der Waals surface area contributed by atoms with Crippen LogP contribution in [0.5, 0.6) is 0 Å². The van der Waals surface area contributed by atoms with Gasteiger partial charge in [0.25, 0.3) is 0 Å². The normalized spacial score (nSPS) is 15.0. The smallest absolute Gasteiger partial charge is 0.330 e. The Kier molecular flexibility index (Phi) is 26.5. The molecule has 0 radical (unpaired) electrons. The van der Waals surface area contributed by atoms with Gasteiger partial charge >= 0.3 is 23.9 Å². The summed E-state index contributed by atoms with van der Waals surface area (Å²) in [5.41, 5.74) is 0. The Morgan fingerprint density at radius 1 is 0.690 bits per heavy atom. The van der Waals surface area contributed by atoms with Crippen LogP contribution in [-0.4, -0.2) is 113 Å². The van der Waals surface area contributed by atoms with Gasteiger partial charge in [0.15, 0.2) is 0 Å². The highest BCUT2D eigenvalue weighted by Crippen LogP contribution is 2.02. The Hall–Kier alpha value is -2.76. The molecule has 0 atom stereocenters. The number of rotatable bonds is 17. The first-order chi connectivity index (χ1) is 20.3. The van der Waals surface area contributed by atoms with Crippen LogP contribution in [0.15, 0.2) is 25.3 Å². The second-order valence-electron chi connectivity index (χ2n) is 10.1. The Morgan fingerprint density at radius 3 is 1.52 bits per heavy atom. The minimum absolute atomic E-state index is 0.137. The maximum absolute atomic E-state index is 11.6. The molecule has 11 nitrogen and oxygen atoms in total. The fraction of sp³-hybridized carbons (Fsp3) is 0.742. The molecular weight excluding hydrogens is 542 g/mol. The van der Waals surface area contributed by atoms with E-state index in [0.717, 1.165) is 64.1 Å². The first-order valence-corrected chi connectivity index (χ1v) is 15.3. The number of carbonyl (C=O) groups is 4. The number of nitrogens with one attached hydrogen (secondary N) is 1. The minimum Gasteiger partial charge on any atom is -0.466 e. The van der Waals surface area contributed by atoms with E-state index in [1.807, 2.05) is 6.92 Å². The molecule has 0 bridgehead atoms. The van der Waals surface area contributed by atoms with E-state index in [0.29, 0.717) is 52.1 Å². The lowest BCUT2D eigenvalue weighted by Crippen LogP contribution is -2.45. The lowest BCUT2D eigenvalue weighted by molar-refractivity contribution is -0.146. The van der Waals surface area contributed by atoms with E-state index < -0.39 is 11.9 Å². The number of hydrogen-bond acceptors (Lipinski definition) is 11. The number of carbonyl (C=O) groups excluding carboxylic acids is 4. The van der Waals surface area contributed by atoms with Crippen LogP contribution in [0.25, 0.3) is 0 Å². The SMILES string of the molecule is C1CCNCC1.C=CC(=O)OCCCCOC(=O)C=C.CCCC(=O)OCCCCOC(=O)CCN1CCN(C)CC1. The van der Waals surface area contributed by atoms with E-state index in [2.05, 4.69) is 35.3 Å². The Balaban J connectivity index is 0.000000710. The van der Waals surface area contributed by atoms with E-state index in [4.69, 9.17) is 18.9 Å². The van der Waals surface area contributed by atoms with Crippen LogP contribution in [0.2, 0.25) is 0 Å². The molecule has 2 saturated heterocycles. The van der Waals surface area contributed by atoms with Crippen molar-refractivity contribution in [3.63, 3.8) is 0 Å². The Morgan fingerprint density at radius 2 is 1.14 bits per heavy atom. The van der Waals surface area contributed by atoms with Crippen LogP contribution < -0.4 is 5.32 Å². The van der Waals surface area contributed by atoms with E-state index in [9.17, 15) is 19.2 Å². The Bertz CT molecular complexity index is 715. The third-order valence-corrected chi connectivity index (χ3v) is 6.31. The number of ether oxygens (including phenoxy) is 4. The van der Waals surface area contributed by atoms with Gasteiger partial charge in [0.2, 0.25) is 0 Å². The monoisotopic (exact) mass is 597 g/mol. The zero-order valence-corrected chi connectivity index (χ0v) is 26.1. The summed E-state index contributed by atoms with van der Waals surface area (Å²) >= 11 is 0. The summed E-state index contributed by atoms with van der Waals surface area (Å²) in [5.74, 6) is -1.16. The van der Waals surface area contributed by atoms with Gasteiger partial charge in [0, 0.05) is 51.3 Å². The standard InChI is InChI=1S/C16H30N2O4.C10H14O4.C5H11N/c1-3-6-15(19)21-13-4-5-14-22-16(20)7-8-18-11-9-17(2)10-12-18;1-3-9(11)13-7-5-6-8-14-10(12)4-2;1-2-4-6-5-3-1/h3-14H2,1-2H3;3-4H,1-2,5-8H2;6H,1-5H2. The maximum Gasteiger partial charge on any atom is 0.330 e. The third kappa shape index (κ3) is 26.2. The first kappa shape index (κ1) is 39.2. The van der Waals surface area contributed by atoms with E-state index in [-0.39, 0.29) is 11.9 Å². The van der Waals surface area contributed by atoms with Crippen molar-refractivity contribution in [2.45, 2.75) is 71.1 Å². The molecule has 0 unspecified atom stereocenters. The van der Waals surface area contributed by atoms with Crippen LogP contribution in [0, 0.1) is 0 Å². The number of piperidine rings is 1. The van der Waals surface area contributed by atoms with Crippen LogP contribution in [0.4, 0.5) is 0 Å². The van der Waals surface area contributed by atoms with E-state index in [1.54, 1.807) is 0 Å². The fourth-order valence-corrected chi connectivity index (χ4v) is 3.71. The fourth-order valence-electron chi connectivity index (χ4n) is 3.71. The summed E-state index contributed by atoms with van der Waals surface area (Å²) < 4.78 is 19.6. The molecule has 11 heteroatoms. The number of esters is 4. The van der Waals surface area contributed by atoms with Gasteiger partial charge in [0.05, 0.1) is 32.8 Å². The molecule has 42 heavy (non-hydrogen) atoms. The zero-order chi connectivity index (χ0) is 31.3. The van der Waals surface area contributed by atoms with Crippen molar-refractivity contribution in [3.8, 4) is 0 Å². The van der Waals surface area contributed by atoms with Gasteiger partial charge in [-0.1, -0.05) is 26.5 Å². The Labute approximate surface area is 252 Å². The highest BCUT2D eigenvalue weighted by molar-refractivity contribution is 5.81. The quantitative estimate of drug-likeness (QED) is 0.115. The van der Waals surface area contributed by atoms with E-state index >= 15 is 0 Å². The summed E-state index contributed by atoms with van der Waals surface area (Å²) in [4.78, 5) is 48.5. The molecule has 0 aliphatic carbocycles. The molecule has 0 aromatic rings. The number of unbranched alkanes of at least 4 members (excludes halogenated alkanes) is 2. The second-order valence-corrected chi connectivity index (χ2v) is 10.1. The molecule has 0 aromatic heterocycles. The number of hydrogen-bond donors (Lipinski definition) is 1. The van der Waals surface area contributed by atoms with Crippen molar-refractivity contribution in [2.75, 3.05) is 79.3 Å². The van der Waals surface area contributed by atoms with E-state index in [1.165, 1.54) is 32.4 Å². The molecule has 2 aliphatic rings. The molecule has 2 heterocycles. The zero-order valence-electron chi connectivity index (χ0n) is 26.1. The van der Waals surface area contributed by atoms with Crippen molar-refractivity contribution in [2.24, 2.45) is 0 Å². The first-order valence-electron chi connectivity index (χ1n) is 15.3. The van der Waals surface area contributed by atoms with Gasteiger partial charge in [-0.25, -0.2) is 9.59 Å². The number of nitrogens with zero attached hydrogens (tertiary/aromatic N) is 2. The minimum atomic E-state index is -0.437. The lowest BCUT2D eigenvalue weighted by Gasteiger charge is -2.31. The largest absolute Gasteiger partial charge is 0.466 e. The predicted octanol–water partition coefficient (Wildman–Crippen LogP) is 3.28. The summed E-state index contributed by atoms with van der Waals surface area (Å²) in [5, 5.41) is 3.28. The van der Waals surface area contributed by atoms with Gasteiger partial charge in [-0.05, 0) is 65.1 Å². The highest BCUT2D eigenvalue weighted by atomic mass is 16.5. The van der Waals surface area contributed by atoms with Crippen molar-refractivity contribution < 1.29 is 38.1 Å². The molecule has 1 N–H and O–H groups in total. The maximum atomic E-state index is 11.6. The van der Waals surface area contributed by atoms with Crippen LogP contribution in [0.1, 0.15) is 71.1 Å². The van der Waals surface area contributed by atoms with Crippen molar-refractivity contribution in [1.82, 2.24) is 15.1 Å².